The second-order valence-corrected chi connectivity index (χ2v) is 7.36. The summed E-state index contributed by atoms with van der Waals surface area (Å²) in [5.74, 6) is 2.64. The second-order valence-electron chi connectivity index (χ2n) is 6.45. The molecule has 1 aromatic carbocycles. The van der Waals surface area contributed by atoms with Crippen molar-refractivity contribution in [2.75, 3.05) is 7.05 Å². The molecule has 1 heterocycles. The van der Waals surface area contributed by atoms with Crippen LogP contribution in [-0.4, -0.2) is 13.2 Å². The van der Waals surface area contributed by atoms with Crippen LogP contribution in [-0.2, 0) is 0 Å². The maximum atomic E-state index is 6.36. The number of hydrogen-bond donors (Lipinski definition) is 1. The standard InChI is InChI=1S/C17H24BrNO/c1-11-4-3-5-12(8-11)16-10-15(19-2)14-7-6-13(18)9-17(14)20-16/h6-7,9,11-12,15-16,19H,3-5,8,10H2,1-2H3. The van der Waals surface area contributed by atoms with Crippen molar-refractivity contribution in [3.63, 3.8) is 0 Å². The van der Waals surface area contributed by atoms with Gasteiger partial charge in [0.05, 0.1) is 0 Å². The number of hydrogen-bond acceptors (Lipinski definition) is 2. The van der Waals surface area contributed by atoms with E-state index in [1.165, 1.54) is 31.2 Å². The summed E-state index contributed by atoms with van der Waals surface area (Å²) >= 11 is 3.56. The zero-order valence-corrected chi connectivity index (χ0v) is 13.9. The molecule has 4 atom stereocenters. The van der Waals surface area contributed by atoms with Gasteiger partial charge in [0.25, 0.3) is 0 Å². The molecular weight excluding hydrogens is 314 g/mol. The summed E-state index contributed by atoms with van der Waals surface area (Å²) in [6.45, 7) is 2.38. The van der Waals surface area contributed by atoms with Crippen molar-refractivity contribution in [2.24, 2.45) is 11.8 Å². The molecule has 3 heteroatoms. The van der Waals surface area contributed by atoms with Crippen LogP contribution < -0.4 is 10.1 Å². The minimum Gasteiger partial charge on any atom is -0.490 e. The Morgan fingerprint density at radius 1 is 1.25 bits per heavy atom. The molecule has 110 valence electrons. The fraction of sp³-hybridized carbons (Fsp3) is 0.647. The lowest BCUT2D eigenvalue weighted by molar-refractivity contribution is 0.0626. The van der Waals surface area contributed by atoms with Crippen LogP contribution in [0.5, 0.6) is 5.75 Å². The molecule has 4 unspecified atom stereocenters. The summed E-state index contributed by atoms with van der Waals surface area (Å²) in [5.41, 5.74) is 1.30. The van der Waals surface area contributed by atoms with Gasteiger partial charge in [0.1, 0.15) is 11.9 Å². The number of nitrogens with one attached hydrogen (secondary N) is 1. The first-order chi connectivity index (χ1) is 9.67. The highest BCUT2D eigenvalue weighted by atomic mass is 79.9. The van der Waals surface area contributed by atoms with Crippen LogP contribution in [0.4, 0.5) is 0 Å². The lowest BCUT2D eigenvalue weighted by Crippen LogP contribution is -2.38. The minimum atomic E-state index is 0.372. The van der Waals surface area contributed by atoms with Gasteiger partial charge in [-0.2, -0.15) is 0 Å². The van der Waals surface area contributed by atoms with Gasteiger partial charge < -0.3 is 10.1 Å². The van der Waals surface area contributed by atoms with Crippen LogP contribution in [0.3, 0.4) is 0 Å². The van der Waals surface area contributed by atoms with Gasteiger partial charge in [-0.05, 0) is 43.9 Å². The Morgan fingerprint density at radius 3 is 2.85 bits per heavy atom. The lowest BCUT2D eigenvalue weighted by atomic mass is 9.77. The van der Waals surface area contributed by atoms with E-state index in [0.29, 0.717) is 12.1 Å². The first-order valence-corrected chi connectivity index (χ1v) is 8.60. The van der Waals surface area contributed by atoms with Crippen LogP contribution in [0.1, 0.15) is 50.6 Å². The van der Waals surface area contributed by atoms with E-state index < -0.39 is 0 Å². The third kappa shape index (κ3) is 2.89. The van der Waals surface area contributed by atoms with E-state index in [1.807, 2.05) is 0 Å². The molecule has 0 bridgehead atoms. The number of fused-ring (bicyclic) bond motifs is 1. The molecule has 2 aliphatic rings. The molecule has 1 N–H and O–H groups in total. The van der Waals surface area contributed by atoms with E-state index in [2.05, 4.69) is 53.4 Å². The van der Waals surface area contributed by atoms with Gasteiger partial charge in [-0.1, -0.05) is 41.8 Å². The van der Waals surface area contributed by atoms with E-state index in [-0.39, 0.29) is 0 Å². The smallest absolute Gasteiger partial charge is 0.125 e. The largest absolute Gasteiger partial charge is 0.490 e. The summed E-state index contributed by atoms with van der Waals surface area (Å²) in [5, 5.41) is 3.46. The van der Waals surface area contributed by atoms with Gasteiger partial charge in [0.2, 0.25) is 0 Å². The van der Waals surface area contributed by atoms with Gasteiger partial charge in [0.15, 0.2) is 0 Å². The molecule has 1 aromatic rings. The topological polar surface area (TPSA) is 21.3 Å². The highest BCUT2D eigenvalue weighted by Gasteiger charge is 2.34. The molecule has 0 saturated heterocycles. The third-order valence-corrected chi connectivity index (χ3v) is 5.44. The molecule has 1 aliphatic heterocycles. The molecule has 0 amide bonds. The Kier molecular flexibility index (Phi) is 4.37. The Labute approximate surface area is 130 Å². The second kappa shape index (κ2) is 6.07. The predicted molar refractivity (Wildman–Crippen MR) is 86.1 cm³/mol. The van der Waals surface area contributed by atoms with Crippen molar-refractivity contribution in [1.82, 2.24) is 5.32 Å². The quantitative estimate of drug-likeness (QED) is 0.845. The number of ether oxygens (including phenoxy) is 1. The van der Waals surface area contributed by atoms with Crippen molar-refractivity contribution in [2.45, 2.75) is 51.2 Å². The first-order valence-electron chi connectivity index (χ1n) is 7.80. The van der Waals surface area contributed by atoms with Crippen molar-refractivity contribution in [3.05, 3.63) is 28.2 Å². The molecule has 0 aromatic heterocycles. The summed E-state index contributed by atoms with van der Waals surface area (Å²) in [7, 11) is 2.06. The predicted octanol–water partition coefficient (Wildman–Crippen LogP) is 4.69. The molecular formula is C17H24BrNO. The van der Waals surface area contributed by atoms with Gasteiger partial charge in [-0.25, -0.2) is 0 Å². The summed E-state index contributed by atoms with van der Waals surface area (Å²) < 4.78 is 7.46. The molecule has 1 saturated carbocycles. The highest BCUT2D eigenvalue weighted by molar-refractivity contribution is 9.10. The maximum absolute atomic E-state index is 6.36. The fourth-order valence-corrected chi connectivity index (χ4v) is 4.19. The minimum absolute atomic E-state index is 0.372. The van der Waals surface area contributed by atoms with Crippen molar-refractivity contribution in [3.8, 4) is 5.75 Å². The number of benzene rings is 1. The Hall–Kier alpha value is -0.540. The van der Waals surface area contributed by atoms with Gasteiger partial charge >= 0.3 is 0 Å². The molecule has 1 fully saturated rings. The fourth-order valence-electron chi connectivity index (χ4n) is 3.85. The molecule has 2 nitrogen and oxygen atoms in total. The third-order valence-electron chi connectivity index (χ3n) is 4.95. The van der Waals surface area contributed by atoms with E-state index in [9.17, 15) is 0 Å². The summed E-state index contributed by atoms with van der Waals surface area (Å²) in [4.78, 5) is 0. The van der Waals surface area contributed by atoms with Crippen LogP contribution in [0.15, 0.2) is 22.7 Å². The maximum Gasteiger partial charge on any atom is 0.125 e. The van der Waals surface area contributed by atoms with Crippen LogP contribution >= 0.6 is 15.9 Å². The van der Waals surface area contributed by atoms with Gasteiger partial charge in [-0.15, -0.1) is 0 Å². The lowest BCUT2D eigenvalue weighted by Gasteiger charge is -2.39. The van der Waals surface area contributed by atoms with Crippen molar-refractivity contribution in [1.29, 1.82) is 0 Å². The van der Waals surface area contributed by atoms with Crippen molar-refractivity contribution >= 4 is 15.9 Å². The monoisotopic (exact) mass is 337 g/mol. The van der Waals surface area contributed by atoms with E-state index in [0.717, 1.165) is 28.5 Å². The van der Waals surface area contributed by atoms with E-state index in [4.69, 9.17) is 4.74 Å². The van der Waals surface area contributed by atoms with Gasteiger partial charge in [0, 0.05) is 22.5 Å². The Balaban J connectivity index is 1.82. The Morgan fingerprint density at radius 2 is 2.10 bits per heavy atom. The number of rotatable bonds is 2. The van der Waals surface area contributed by atoms with Crippen molar-refractivity contribution < 1.29 is 4.74 Å². The first kappa shape index (κ1) is 14.4. The van der Waals surface area contributed by atoms with Gasteiger partial charge in [-0.3, -0.25) is 0 Å². The van der Waals surface area contributed by atoms with Crippen LogP contribution in [0.25, 0.3) is 0 Å². The highest BCUT2D eigenvalue weighted by Crippen LogP contribution is 2.42. The zero-order valence-electron chi connectivity index (χ0n) is 12.4. The molecule has 20 heavy (non-hydrogen) atoms. The molecule has 0 radical (unpaired) electrons. The number of halogens is 1. The van der Waals surface area contributed by atoms with Crippen LogP contribution in [0.2, 0.25) is 0 Å². The summed E-state index contributed by atoms with van der Waals surface area (Å²) in [6.07, 6.45) is 6.88. The molecule has 0 spiro atoms. The zero-order chi connectivity index (χ0) is 14.1. The normalized spacial score (nSPS) is 33.4. The average Bonchev–Trinajstić information content (AvgIpc) is 2.45. The summed E-state index contributed by atoms with van der Waals surface area (Å²) in [6, 6.07) is 6.84. The SMILES string of the molecule is CNC1CC(C2CCCC(C)C2)Oc2cc(Br)ccc21. The molecule has 1 aliphatic carbocycles. The van der Waals surface area contributed by atoms with E-state index >= 15 is 0 Å². The molecule has 3 rings (SSSR count). The van der Waals surface area contributed by atoms with E-state index in [1.54, 1.807) is 0 Å². The Bertz CT molecular complexity index is 476. The van der Waals surface area contributed by atoms with Crippen LogP contribution in [0, 0.1) is 11.8 Å². The average molecular weight is 338 g/mol.